The summed E-state index contributed by atoms with van der Waals surface area (Å²) in [5.41, 5.74) is 1.87. The number of allylic oxidation sites excluding steroid dienone is 4. The summed E-state index contributed by atoms with van der Waals surface area (Å²) in [6, 6.07) is 8.48. The van der Waals surface area contributed by atoms with Crippen LogP contribution in [-0.4, -0.2) is 24.9 Å². The molecule has 130 valence electrons. The Bertz CT molecular complexity index is 723. The van der Waals surface area contributed by atoms with Gasteiger partial charge < -0.3 is 14.4 Å². The van der Waals surface area contributed by atoms with Crippen LogP contribution in [0.3, 0.4) is 0 Å². The van der Waals surface area contributed by atoms with Gasteiger partial charge in [-0.1, -0.05) is 25.3 Å². The number of carbonyl (C=O) groups is 1. The lowest BCUT2D eigenvalue weighted by Gasteiger charge is -2.10. The normalized spacial score (nSPS) is 10.8. The maximum atomic E-state index is 11.4. The molecule has 1 rings (SSSR count). The van der Waals surface area contributed by atoms with Crippen LogP contribution in [-0.2, 0) is 14.3 Å². The first-order valence-electron chi connectivity index (χ1n) is 7.29. The van der Waals surface area contributed by atoms with Gasteiger partial charge in [0.05, 0.1) is 19.6 Å². The average molecular weight is 341 g/mol. The number of esters is 1. The highest BCUT2D eigenvalue weighted by atomic mass is 17.1. The molecular weight excluding hydrogens is 322 g/mol. The molecule has 1 aromatic rings. The Morgan fingerprint density at radius 2 is 1.96 bits per heavy atom. The molecule has 6 nitrogen and oxygen atoms in total. The number of methoxy groups -OCH3 is 1. The zero-order valence-electron chi connectivity index (χ0n) is 13.9. The fraction of sp³-hybridized carbons (Fsp3) is 0.158. The van der Waals surface area contributed by atoms with Crippen LogP contribution >= 0.6 is 0 Å². The van der Waals surface area contributed by atoms with E-state index in [1.54, 1.807) is 30.3 Å². The Labute approximate surface area is 146 Å². The van der Waals surface area contributed by atoms with Crippen molar-refractivity contribution in [1.29, 1.82) is 5.26 Å². The molecule has 0 fully saturated rings. The summed E-state index contributed by atoms with van der Waals surface area (Å²) < 4.78 is 10.1. The highest BCUT2D eigenvalue weighted by Gasteiger charge is 2.07. The van der Waals surface area contributed by atoms with Gasteiger partial charge in [-0.25, -0.2) is 10.1 Å². The minimum absolute atomic E-state index is 0.0513. The average Bonchev–Trinajstić information content (AvgIpc) is 2.64. The van der Waals surface area contributed by atoms with Crippen LogP contribution in [0, 0.1) is 11.3 Å². The predicted octanol–water partition coefficient (Wildman–Crippen LogP) is 3.65. The van der Waals surface area contributed by atoms with Crippen molar-refractivity contribution in [3.05, 3.63) is 72.5 Å². The van der Waals surface area contributed by atoms with Gasteiger partial charge in [0, 0.05) is 11.6 Å². The van der Waals surface area contributed by atoms with E-state index in [1.807, 2.05) is 6.07 Å². The number of nitriles is 1. The van der Waals surface area contributed by atoms with E-state index in [9.17, 15) is 4.79 Å². The lowest BCUT2D eigenvalue weighted by atomic mass is 10.0. The van der Waals surface area contributed by atoms with Crippen molar-refractivity contribution in [3.8, 4) is 11.8 Å². The first-order valence-corrected chi connectivity index (χ1v) is 7.29. The molecule has 6 heteroatoms. The second-order valence-corrected chi connectivity index (χ2v) is 4.79. The summed E-state index contributed by atoms with van der Waals surface area (Å²) in [6.07, 6.45) is 4.47. The zero-order valence-corrected chi connectivity index (χ0v) is 13.9. The van der Waals surface area contributed by atoms with E-state index < -0.39 is 5.97 Å². The Hall–Kier alpha value is -3.30. The first-order chi connectivity index (χ1) is 12.0. The summed E-state index contributed by atoms with van der Waals surface area (Å²) >= 11 is 0. The Balaban J connectivity index is 2.76. The fourth-order valence-electron chi connectivity index (χ4n) is 1.77. The molecule has 0 aromatic heterocycles. The van der Waals surface area contributed by atoms with Crippen LogP contribution in [0.1, 0.15) is 12.0 Å². The number of ether oxygens (including phenoxy) is 2. The third-order valence-corrected chi connectivity index (χ3v) is 3.03. The minimum atomic E-state index is -0.554. The molecule has 0 radical (unpaired) electrons. The topological polar surface area (TPSA) is 88.8 Å². The van der Waals surface area contributed by atoms with Crippen LogP contribution in [0.25, 0.3) is 5.57 Å². The van der Waals surface area contributed by atoms with Crippen LogP contribution in [0.5, 0.6) is 5.75 Å². The van der Waals surface area contributed by atoms with E-state index in [4.69, 9.17) is 20.0 Å². The molecule has 0 saturated heterocycles. The van der Waals surface area contributed by atoms with Crippen LogP contribution in [0.2, 0.25) is 0 Å². The van der Waals surface area contributed by atoms with E-state index in [1.165, 1.54) is 19.3 Å². The molecular formula is C19H19NO5. The largest absolute Gasteiger partial charge is 0.496 e. The number of benzene rings is 1. The van der Waals surface area contributed by atoms with Crippen LogP contribution < -0.4 is 4.89 Å². The lowest BCUT2D eigenvalue weighted by molar-refractivity contribution is -0.137. The molecule has 1 N–H and O–H groups in total. The maximum absolute atomic E-state index is 11.4. The molecule has 0 aliphatic rings. The molecule has 0 amide bonds. The number of nitrogens with zero attached hydrogens (tertiary/aromatic N) is 1. The van der Waals surface area contributed by atoms with Gasteiger partial charge in [0.15, 0.2) is 5.75 Å². The van der Waals surface area contributed by atoms with Crippen LogP contribution in [0.4, 0.5) is 0 Å². The predicted molar refractivity (Wildman–Crippen MR) is 93.3 cm³/mol. The van der Waals surface area contributed by atoms with Gasteiger partial charge >= 0.3 is 5.97 Å². The van der Waals surface area contributed by atoms with E-state index in [2.05, 4.69) is 18.0 Å². The van der Waals surface area contributed by atoms with E-state index in [0.29, 0.717) is 22.7 Å². The third kappa shape index (κ3) is 6.77. The number of hydrogen-bond donors (Lipinski definition) is 1. The van der Waals surface area contributed by atoms with Crippen molar-refractivity contribution in [2.75, 3.05) is 13.7 Å². The number of rotatable bonds is 9. The van der Waals surface area contributed by atoms with Gasteiger partial charge in [-0.3, -0.25) is 0 Å². The maximum Gasteiger partial charge on any atom is 0.330 e. The van der Waals surface area contributed by atoms with Crippen molar-refractivity contribution in [2.45, 2.75) is 6.42 Å². The van der Waals surface area contributed by atoms with Crippen LogP contribution in [0.15, 0.2) is 67.0 Å². The van der Waals surface area contributed by atoms with Crippen molar-refractivity contribution in [2.24, 2.45) is 0 Å². The molecule has 25 heavy (non-hydrogen) atoms. The van der Waals surface area contributed by atoms with E-state index >= 15 is 0 Å². The van der Waals surface area contributed by atoms with Gasteiger partial charge in [0.2, 0.25) is 0 Å². The minimum Gasteiger partial charge on any atom is -0.496 e. The highest BCUT2D eigenvalue weighted by Crippen LogP contribution is 2.24. The molecule has 0 atom stereocenters. The molecule has 0 unspecified atom stereocenters. The molecule has 0 aliphatic carbocycles. The van der Waals surface area contributed by atoms with Crippen molar-refractivity contribution < 1.29 is 24.4 Å². The molecule has 0 spiro atoms. The second-order valence-electron chi connectivity index (χ2n) is 4.79. The quantitative estimate of drug-likeness (QED) is 0.140. The number of carbonyl (C=O) groups excluding carboxylic acids is 1. The SMILES string of the molecule is C=C(/C=C/C(=O)OCCC#N)/C=C(/OC)C(=C)c1ccc(OO)cc1. The summed E-state index contributed by atoms with van der Waals surface area (Å²) in [6.45, 7) is 7.83. The second kappa shape index (κ2) is 10.5. The van der Waals surface area contributed by atoms with E-state index in [-0.39, 0.29) is 13.0 Å². The van der Waals surface area contributed by atoms with Gasteiger partial charge in [-0.2, -0.15) is 5.26 Å². The van der Waals surface area contributed by atoms with Crippen molar-refractivity contribution in [3.63, 3.8) is 0 Å². The Morgan fingerprint density at radius 1 is 1.28 bits per heavy atom. The van der Waals surface area contributed by atoms with E-state index in [0.717, 1.165) is 5.56 Å². The molecule has 0 aliphatic heterocycles. The first kappa shape index (κ1) is 19.7. The van der Waals surface area contributed by atoms with Gasteiger partial charge in [0.25, 0.3) is 0 Å². The molecule has 0 saturated carbocycles. The van der Waals surface area contributed by atoms with Gasteiger partial charge in [-0.05, 0) is 35.4 Å². The fourth-order valence-corrected chi connectivity index (χ4v) is 1.77. The highest BCUT2D eigenvalue weighted by molar-refractivity contribution is 5.83. The summed E-state index contributed by atoms with van der Waals surface area (Å²) in [5, 5.41) is 17.0. The number of hydrogen-bond acceptors (Lipinski definition) is 6. The zero-order chi connectivity index (χ0) is 18.7. The van der Waals surface area contributed by atoms with Gasteiger partial charge in [-0.15, -0.1) is 0 Å². The Kier molecular flexibility index (Phi) is 8.27. The van der Waals surface area contributed by atoms with Crippen molar-refractivity contribution in [1.82, 2.24) is 0 Å². The van der Waals surface area contributed by atoms with Gasteiger partial charge in [0.1, 0.15) is 12.4 Å². The standard InChI is InChI=1S/C19H19NO5/c1-14(5-10-19(21)24-12-4-11-20)13-18(23-3)15(2)16-6-8-17(25-22)9-7-16/h5-10,13,22H,1-2,4,12H2,3H3/b10-5+,18-13+. The summed E-state index contributed by atoms with van der Waals surface area (Å²) in [7, 11) is 1.50. The van der Waals surface area contributed by atoms with Crippen molar-refractivity contribution >= 4 is 11.5 Å². The monoisotopic (exact) mass is 341 g/mol. The summed E-state index contributed by atoms with van der Waals surface area (Å²) in [5.74, 6) is 0.217. The Morgan fingerprint density at radius 3 is 2.52 bits per heavy atom. The summed E-state index contributed by atoms with van der Waals surface area (Å²) in [4.78, 5) is 15.6. The molecule has 0 heterocycles. The molecule has 0 bridgehead atoms. The molecule has 1 aromatic carbocycles. The smallest absolute Gasteiger partial charge is 0.330 e. The lowest BCUT2D eigenvalue weighted by Crippen LogP contribution is -2.01. The third-order valence-electron chi connectivity index (χ3n) is 3.03.